The van der Waals surface area contributed by atoms with Crippen molar-refractivity contribution in [2.24, 2.45) is 23.5 Å². The quantitative estimate of drug-likeness (QED) is 0.193. The minimum Gasteiger partial charge on any atom is -0.481 e. The number of hydrogen-bond acceptors (Lipinski definition) is 10. The van der Waals surface area contributed by atoms with Crippen LogP contribution in [-0.2, 0) is 19.0 Å². The highest BCUT2D eigenvalue weighted by molar-refractivity contribution is 5.71. The molecule has 11 heteroatoms. The predicted molar refractivity (Wildman–Crippen MR) is 125 cm³/mol. The molecule has 2 saturated heterocycles. The number of rotatable bonds is 10. The SMILES string of the molecule is CC(C)/C=C/[C@@H](CC1O[C@](O)(C[C@@H](O)C(C)C)CC(O)[C@H]1C(=O)O)OC1OC(C)C(O)C(N)C1O. The normalized spacial score (nSPS) is 40.4. The maximum atomic E-state index is 12.0. The van der Waals surface area contributed by atoms with Gasteiger partial charge in [-0.2, -0.15) is 0 Å². The van der Waals surface area contributed by atoms with Crippen LogP contribution in [0.4, 0.5) is 0 Å². The molecule has 11 nitrogen and oxygen atoms in total. The van der Waals surface area contributed by atoms with Crippen LogP contribution in [0.2, 0.25) is 0 Å². The molecule has 0 aromatic carbocycles. The number of aliphatic hydroxyl groups is 5. The molecule has 0 saturated carbocycles. The van der Waals surface area contributed by atoms with Gasteiger partial charge in [0.15, 0.2) is 12.1 Å². The lowest BCUT2D eigenvalue weighted by molar-refractivity contribution is -0.309. The molecule has 0 aromatic heterocycles. The average molecular weight is 506 g/mol. The van der Waals surface area contributed by atoms with E-state index in [1.54, 1.807) is 26.8 Å². The van der Waals surface area contributed by atoms with E-state index >= 15 is 0 Å². The van der Waals surface area contributed by atoms with E-state index < -0.39 is 72.7 Å². The van der Waals surface area contributed by atoms with Crippen molar-refractivity contribution >= 4 is 5.97 Å². The third kappa shape index (κ3) is 7.91. The van der Waals surface area contributed by atoms with Gasteiger partial charge in [-0.05, 0) is 18.8 Å². The van der Waals surface area contributed by atoms with Gasteiger partial charge >= 0.3 is 5.97 Å². The zero-order valence-corrected chi connectivity index (χ0v) is 21.1. The molecule has 2 aliphatic rings. The minimum atomic E-state index is -1.94. The van der Waals surface area contributed by atoms with Gasteiger partial charge in [-0.15, -0.1) is 0 Å². The fourth-order valence-corrected chi connectivity index (χ4v) is 4.43. The van der Waals surface area contributed by atoms with Crippen LogP contribution in [0.1, 0.15) is 53.9 Å². The standard InChI is InChI=1S/C24H43NO10/c1-11(2)6-7-14(34-23-21(29)19(25)20(28)13(5)33-23)8-17-18(22(30)31)16(27)10-24(32,35-17)9-15(26)12(3)4/h6-7,11-21,23,26-29,32H,8-10,25H2,1-5H3,(H,30,31)/b7-6+/t13?,14-,15+,16?,17?,18+,19?,20?,21?,23?,24+/m0/s1. The molecule has 204 valence electrons. The molecule has 2 rings (SSSR count). The van der Waals surface area contributed by atoms with Crippen molar-refractivity contribution in [1.29, 1.82) is 0 Å². The summed E-state index contributed by atoms with van der Waals surface area (Å²) < 4.78 is 17.4. The zero-order chi connectivity index (χ0) is 26.7. The van der Waals surface area contributed by atoms with E-state index in [0.29, 0.717) is 0 Å². The van der Waals surface area contributed by atoms with Crippen LogP contribution in [0.25, 0.3) is 0 Å². The number of carboxylic acid groups (broad SMARTS) is 1. The number of aliphatic hydroxyl groups excluding tert-OH is 4. The summed E-state index contributed by atoms with van der Waals surface area (Å²) in [7, 11) is 0. The van der Waals surface area contributed by atoms with Crippen molar-refractivity contribution in [3.63, 3.8) is 0 Å². The van der Waals surface area contributed by atoms with E-state index in [2.05, 4.69) is 0 Å². The second-order valence-electron chi connectivity index (χ2n) is 10.6. The lowest BCUT2D eigenvalue weighted by Gasteiger charge is -2.45. The Morgan fingerprint density at radius 3 is 2.34 bits per heavy atom. The zero-order valence-electron chi connectivity index (χ0n) is 21.1. The average Bonchev–Trinajstić information content (AvgIpc) is 2.72. The molecule has 8 N–H and O–H groups in total. The maximum absolute atomic E-state index is 12.0. The first kappa shape index (κ1) is 30.1. The molecular formula is C24H43NO10. The Balaban J connectivity index is 2.29. The van der Waals surface area contributed by atoms with Crippen LogP contribution >= 0.6 is 0 Å². The lowest BCUT2D eigenvalue weighted by atomic mass is 9.82. The first-order valence-corrected chi connectivity index (χ1v) is 12.2. The summed E-state index contributed by atoms with van der Waals surface area (Å²) >= 11 is 0. The molecule has 2 aliphatic heterocycles. The summed E-state index contributed by atoms with van der Waals surface area (Å²) in [5.74, 6) is -4.66. The number of hydrogen-bond donors (Lipinski definition) is 7. The number of aliphatic carboxylic acids is 1. The van der Waals surface area contributed by atoms with Gasteiger partial charge < -0.3 is 50.6 Å². The number of allylic oxidation sites excluding steroid dienone is 1. The van der Waals surface area contributed by atoms with Crippen molar-refractivity contribution in [3.8, 4) is 0 Å². The van der Waals surface area contributed by atoms with Crippen LogP contribution in [-0.4, -0.2) is 97.5 Å². The molecule has 7 unspecified atom stereocenters. The Kier molecular flexibility index (Phi) is 10.7. The van der Waals surface area contributed by atoms with E-state index in [4.69, 9.17) is 19.9 Å². The number of nitrogens with two attached hydrogens (primary N) is 1. The van der Waals surface area contributed by atoms with Gasteiger partial charge in [0.1, 0.15) is 12.0 Å². The summed E-state index contributed by atoms with van der Waals surface area (Å²) in [5.41, 5.74) is 5.90. The van der Waals surface area contributed by atoms with Crippen LogP contribution in [0.15, 0.2) is 12.2 Å². The predicted octanol–water partition coefficient (Wildman–Crippen LogP) is -0.286. The minimum absolute atomic E-state index is 0.101. The van der Waals surface area contributed by atoms with Gasteiger partial charge in [-0.1, -0.05) is 39.8 Å². The smallest absolute Gasteiger partial charge is 0.311 e. The van der Waals surface area contributed by atoms with E-state index in [0.717, 1.165) is 0 Å². The highest BCUT2D eigenvalue weighted by Gasteiger charge is 2.50. The van der Waals surface area contributed by atoms with Crippen molar-refractivity contribution in [2.45, 2.75) is 115 Å². The fraction of sp³-hybridized carbons (Fsp3) is 0.875. The van der Waals surface area contributed by atoms with E-state index in [9.17, 15) is 35.4 Å². The molecule has 0 aromatic rings. The first-order chi connectivity index (χ1) is 16.1. The Morgan fingerprint density at radius 2 is 1.80 bits per heavy atom. The third-order valence-corrected chi connectivity index (χ3v) is 6.68. The Morgan fingerprint density at radius 1 is 1.17 bits per heavy atom. The van der Waals surface area contributed by atoms with E-state index in [1.165, 1.54) is 0 Å². The molecule has 0 bridgehead atoms. The largest absolute Gasteiger partial charge is 0.481 e. The van der Waals surface area contributed by atoms with E-state index in [-0.39, 0.29) is 31.1 Å². The monoisotopic (exact) mass is 505 g/mol. The van der Waals surface area contributed by atoms with Gasteiger partial charge in [0.05, 0.1) is 42.7 Å². The fourth-order valence-electron chi connectivity index (χ4n) is 4.43. The highest BCUT2D eigenvalue weighted by Crippen LogP contribution is 2.38. The maximum Gasteiger partial charge on any atom is 0.311 e. The van der Waals surface area contributed by atoms with Gasteiger partial charge in [0.2, 0.25) is 0 Å². The molecule has 0 radical (unpaired) electrons. The Hall–Kier alpha value is -1.15. The topological polar surface area (TPSA) is 192 Å². The Bertz CT molecular complexity index is 718. The van der Waals surface area contributed by atoms with E-state index in [1.807, 2.05) is 19.9 Å². The molecule has 0 amide bonds. The highest BCUT2D eigenvalue weighted by atomic mass is 16.7. The Labute approximate surface area is 206 Å². The summed E-state index contributed by atoms with van der Waals surface area (Å²) in [4.78, 5) is 12.0. The molecule has 0 spiro atoms. The van der Waals surface area contributed by atoms with Crippen molar-refractivity contribution in [1.82, 2.24) is 0 Å². The number of carbonyl (C=O) groups is 1. The van der Waals surface area contributed by atoms with Crippen molar-refractivity contribution < 1.29 is 49.6 Å². The summed E-state index contributed by atoms with van der Waals surface area (Å²) in [5, 5.41) is 62.2. The first-order valence-electron chi connectivity index (χ1n) is 12.2. The molecule has 11 atom stereocenters. The van der Waals surface area contributed by atoms with Crippen LogP contribution < -0.4 is 5.73 Å². The third-order valence-electron chi connectivity index (χ3n) is 6.68. The van der Waals surface area contributed by atoms with Gasteiger partial charge in [-0.3, -0.25) is 4.79 Å². The van der Waals surface area contributed by atoms with Gasteiger partial charge in [0, 0.05) is 19.3 Å². The molecule has 0 aliphatic carbocycles. The summed E-state index contributed by atoms with van der Waals surface area (Å²) in [6.45, 7) is 8.99. The number of ether oxygens (including phenoxy) is 3. The summed E-state index contributed by atoms with van der Waals surface area (Å²) in [6.07, 6.45) is -5.91. The lowest BCUT2D eigenvalue weighted by Crippen LogP contribution is -2.61. The second kappa shape index (κ2) is 12.4. The molecule has 2 fully saturated rings. The molecular weight excluding hydrogens is 462 g/mol. The summed E-state index contributed by atoms with van der Waals surface area (Å²) in [6, 6.07) is -1.01. The van der Waals surface area contributed by atoms with Gasteiger partial charge in [0.25, 0.3) is 0 Å². The molecule has 2 heterocycles. The van der Waals surface area contributed by atoms with Crippen molar-refractivity contribution in [3.05, 3.63) is 12.2 Å². The van der Waals surface area contributed by atoms with Crippen LogP contribution in [0, 0.1) is 17.8 Å². The van der Waals surface area contributed by atoms with Crippen LogP contribution in [0.3, 0.4) is 0 Å². The van der Waals surface area contributed by atoms with Gasteiger partial charge in [-0.25, -0.2) is 0 Å². The second-order valence-corrected chi connectivity index (χ2v) is 10.6. The van der Waals surface area contributed by atoms with Crippen LogP contribution in [0.5, 0.6) is 0 Å². The number of carboxylic acids is 1. The molecule has 35 heavy (non-hydrogen) atoms. The van der Waals surface area contributed by atoms with Crippen molar-refractivity contribution in [2.75, 3.05) is 0 Å².